The van der Waals surface area contributed by atoms with Crippen LogP contribution in [0.15, 0.2) is 18.4 Å². The van der Waals surface area contributed by atoms with Gasteiger partial charge in [-0.1, -0.05) is 6.58 Å². The van der Waals surface area contributed by atoms with Crippen LogP contribution in [0, 0.1) is 0 Å². The second kappa shape index (κ2) is 11.4. The molecule has 1 amide bonds. The van der Waals surface area contributed by atoms with E-state index in [2.05, 4.69) is 22.9 Å². The van der Waals surface area contributed by atoms with Crippen molar-refractivity contribution in [3.8, 4) is 0 Å². The molecule has 0 heterocycles. The fraction of sp³-hybridized carbons (Fsp3) is 0.692. The average Bonchev–Trinajstić information content (AvgIpc) is 2.30. The Bertz CT molecular complexity index is 247. The smallest absolute Gasteiger partial charge is 0.216 e. The third kappa shape index (κ3) is 11.2. The van der Waals surface area contributed by atoms with Gasteiger partial charge in [-0.25, -0.2) is 0 Å². The molecule has 0 aromatic carbocycles. The molecule has 0 spiro atoms. The molecular weight excluding hydrogens is 214 g/mol. The van der Waals surface area contributed by atoms with Gasteiger partial charge in [0.05, 0.1) is 0 Å². The highest BCUT2D eigenvalue weighted by molar-refractivity contribution is 5.72. The van der Waals surface area contributed by atoms with Gasteiger partial charge in [-0.3, -0.25) is 4.79 Å². The molecule has 0 aliphatic heterocycles. The summed E-state index contributed by atoms with van der Waals surface area (Å²) < 4.78 is 0. The number of rotatable bonds is 10. The molecule has 98 valence electrons. The molecule has 0 saturated carbocycles. The molecule has 4 nitrogen and oxygen atoms in total. The molecule has 0 bridgehead atoms. The molecule has 0 radical (unpaired) electrons. The quantitative estimate of drug-likeness (QED) is 0.392. The molecule has 1 atom stereocenters. The number of amides is 1. The minimum atomic E-state index is 0.0271. The first-order valence-electron chi connectivity index (χ1n) is 6.23. The number of nitrogens with two attached hydrogens (primary N) is 1. The summed E-state index contributed by atoms with van der Waals surface area (Å²) in [5.41, 5.74) is 8.29. The van der Waals surface area contributed by atoms with Gasteiger partial charge >= 0.3 is 0 Å². The lowest BCUT2D eigenvalue weighted by Gasteiger charge is -2.16. The largest absolute Gasteiger partial charge is 0.356 e. The summed E-state index contributed by atoms with van der Waals surface area (Å²) in [6, 6.07) is 0.435. The van der Waals surface area contributed by atoms with Crippen LogP contribution >= 0.6 is 0 Å². The topological polar surface area (TPSA) is 67.2 Å². The van der Waals surface area contributed by atoms with Crippen molar-refractivity contribution in [2.24, 2.45) is 5.73 Å². The summed E-state index contributed by atoms with van der Waals surface area (Å²) in [7, 11) is 0. The Hall–Kier alpha value is -1.09. The summed E-state index contributed by atoms with van der Waals surface area (Å²) in [5, 5.41) is 6.23. The maximum atomic E-state index is 10.7. The van der Waals surface area contributed by atoms with Crippen LogP contribution in [-0.2, 0) is 4.79 Å². The standard InChI is InChI=1S/C13H25N3O/c1-3-4-7-13(8-5-9-14)16-11-6-10-15-12(2)17/h4,13,16H,1,5-11,14H2,2H3,(H,15,17). The molecular formula is C13H25N3O. The Labute approximate surface area is 104 Å². The highest BCUT2D eigenvalue weighted by Crippen LogP contribution is 2.02. The number of hydrogen-bond donors (Lipinski definition) is 3. The predicted molar refractivity (Wildman–Crippen MR) is 71.7 cm³/mol. The van der Waals surface area contributed by atoms with Crippen molar-refractivity contribution in [3.05, 3.63) is 18.4 Å². The summed E-state index contributed by atoms with van der Waals surface area (Å²) in [6.07, 6.45) is 5.91. The molecule has 0 aliphatic rings. The van der Waals surface area contributed by atoms with E-state index < -0.39 is 0 Å². The van der Waals surface area contributed by atoms with Crippen LogP contribution in [0.4, 0.5) is 0 Å². The molecule has 4 N–H and O–H groups in total. The summed E-state index contributed by atoms with van der Waals surface area (Å²) >= 11 is 0. The van der Waals surface area contributed by atoms with Crippen molar-refractivity contribution in [2.75, 3.05) is 19.6 Å². The predicted octanol–water partition coefficient (Wildman–Crippen LogP) is 0.941. The van der Waals surface area contributed by atoms with Crippen LogP contribution in [0.5, 0.6) is 0 Å². The van der Waals surface area contributed by atoms with Crippen LogP contribution < -0.4 is 16.4 Å². The van der Waals surface area contributed by atoms with Gasteiger partial charge < -0.3 is 16.4 Å². The summed E-state index contributed by atoms with van der Waals surface area (Å²) in [5.74, 6) is 0.0271. The van der Waals surface area contributed by atoms with Gasteiger partial charge in [-0.05, 0) is 44.8 Å². The Kier molecular flexibility index (Phi) is 10.7. The van der Waals surface area contributed by atoms with E-state index in [4.69, 9.17) is 5.73 Å². The Morgan fingerprint density at radius 3 is 2.82 bits per heavy atom. The van der Waals surface area contributed by atoms with E-state index in [9.17, 15) is 4.79 Å². The van der Waals surface area contributed by atoms with E-state index in [1.54, 1.807) is 0 Å². The first-order chi connectivity index (χ1) is 8.20. The average molecular weight is 239 g/mol. The van der Waals surface area contributed by atoms with Crippen LogP contribution in [0.2, 0.25) is 0 Å². The van der Waals surface area contributed by atoms with Crippen molar-refractivity contribution in [1.29, 1.82) is 0 Å². The normalized spacial score (nSPS) is 11.6. The zero-order valence-corrected chi connectivity index (χ0v) is 10.8. The first-order valence-corrected chi connectivity index (χ1v) is 6.23. The van der Waals surface area contributed by atoms with Gasteiger partial charge in [0.25, 0.3) is 0 Å². The molecule has 0 rings (SSSR count). The van der Waals surface area contributed by atoms with Gasteiger partial charge in [-0.15, -0.1) is 5.73 Å². The number of nitrogens with one attached hydrogen (secondary N) is 2. The van der Waals surface area contributed by atoms with E-state index in [-0.39, 0.29) is 5.91 Å². The number of carbonyl (C=O) groups excluding carboxylic acids is 1. The third-order valence-electron chi connectivity index (χ3n) is 2.46. The molecule has 0 aliphatic carbocycles. The van der Waals surface area contributed by atoms with Crippen molar-refractivity contribution in [1.82, 2.24) is 10.6 Å². The molecule has 0 fully saturated rings. The SMILES string of the molecule is C=C=CCC(CCCN)NCCCNC(C)=O. The first kappa shape index (κ1) is 15.9. The molecule has 1 unspecified atom stereocenters. The van der Waals surface area contributed by atoms with Crippen LogP contribution in [0.25, 0.3) is 0 Å². The third-order valence-corrected chi connectivity index (χ3v) is 2.46. The highest BCUT2D eigenvalue weighted by atomic mass is 16.1. The minimum absolute atomic E-state index is 0.0271. The summed E-state index contributed by atoms with van der Waals surface area (Å²) in [4.78, 5) is 10.7. The van der Waals surface area contributed by atoms with E-state index >= 15 is 0 Å². The van der Waals surface area contributed by atoms with Gasteiger partial charge in [-0.2, -0.15) is 0 Å². The van der Waals surface area contributed by atoms with Gasteiger partial charge in [0.2, 0.25) is 5.91 Å². The second-order valence-corrected chi connectivity index (χ2v) is 4.06. The number of hydrogen-bond acceptors (Lipinski definition) is 3. The lowest BCUT2D eigenvalue weighted by Crippen LogP contribution is -2.32. The molecule has 0 aromatic rings. The molecule has 0 aromatic heterocycles. The van der Waals surface area contributed by atoms with Crippen LogP contribution in [-0.4, -0.2) is 31.6 Å². The Morgan fingerprint density at radius 1 is 1.47 bits per heavy atom. The fourth-order valence-electron chi connectivity index (χ4n) is 1.55. The van der Waals surface area contributed by atoms with Crippen molar-refractivity contribution in [2.45, 2.75) is 38.6 Å². The van der Waals surface area contributed by atoms with E-state index in [1.807, 2.05) is 6.08 Å². The maximum Gasteiger partial charge on any atom is 0.216 e. The highest BCUT2D eigenvalue weighted by Gasteiger charge is 2.04. The van der Waals surface area contributed by atoms with E-state index in [0.29, 0.717) is 6.04 Å². The van der Waals surface area contributed by atoms with Gasteiger partial charge in [0.15, 0.2) is 0 Å². The Balaban J connectivity index is 3.66. The minimum Gasteiger partial charge on any atom is -0.356 e. The van der Waals surface area contributed by atoms with E-state index in [1.165, 1.54) is 6.92 Å². The molecule has 4 heteroatoms. The van der Waals surface area contributed by atoms with Crippen LogP contribution in [0.3, 0.4) is 0 Å². The van der Waals surface area contributed by atoms with E-state index in [0.717, 1.165) is 45.3 Å². The molecule has 17 heavy (non-hydrogen) atoms. The Morgan fingerprint density at radius 2 is 2.24 bits per heavy atom. The fourth-order valence-corrected chi connectivity index (χ4v) is 1.55. The van der Waals surface area contributed by atoms with Crippen molar-refractivity contribution >= 4 is 5.91 Å². The zero-order chi connectivity index (χ0) is 12.9. The lowest BCUT2D eigenvalue weighted by molar-refractivity contribution is -0.118. The monoisotopic (exact) mass is 239 g/mol. The van der Waals surface area contributed by atoms with Crippen molar-refractivity contribution in [3.63, 3.8) is 0 Å². The van der Waals surface area contributed by atoms with Crippen molar-refractivity contribution < 1.29 is 4.79 Å². The zero-order valence-electron chi connectivity index (χ0n) is 10.8. The summed E-state index contributed by atoms with van der Waals surface area (Å²) in [6.45, 7) is 7.45. The lowest BCUT2D eigenvalue weighted by atomic mass is 10.1. The maximum absolute atomic E-state index is 10.7. The van der Waals surface area contributed by atoms with Gasteiger partial charge in [0, 0.05) is 19.5 Å². The van der Waals surface area contributed by atoms with Crippen LogP contribution in [0.1, 0.15) is 32.6 Å². The van der Waals surface area contributed by atoms with Gasteiger partial charge in [0.1, 0.15) is 0 Å². The molecule has 0 saturated heterocycles. The second-order valence-electron chi connectivity index (χ2n) is 4.06. The number of carbonyl (C=O) groups is 1.